The van der Waals surface area contributed by atoms with Crippen LogP contribution < -0.4 is 15.4 Å². The number of halogens is 1. The van der Waals surface area contributed by atoms with Crippen molar-refractivity contribution < 1.29 is 14.3 Å². The van der Waals surface area contributed by atoms with E-state index in [0.29, 0.717) is 17.1 Å². The molecule has 3 heterocycles. The Balaban J connectivity index is 1.22. The number of pyridine rings is 1. The predicted octanol–water partition coefficient (Wildman–Crippen LogP) is 6.27. The molecule has 218 valence electrons. The Hall–Kier alpha value is -3.85. The molecule has 1 amide bonds. The van der Waals surface area contributed by atoms with E-state index in [4.69, 9.17) is 26.8 Å². The van der Waals surface area contributed by atoms with E-state index in [9.17, 15) is 4.79 Å². The van der Waals surface area contributed by atoms with E-state index >= 15 is 0 Å². The summed E-state index contributed by atoms with van der Waals surface area (Å²) in [4.78, 5) is 24.7. The Morgan fingerprint density at radius 3 is 2.64 bits per heavy atom. The van der Waals surface area contributed by atoms with E-state index in [1.807, 2.05) is 49.7 Å². The molecule has 3 N–H and O–H groups in total. The Morgan fingerprint density at radius 1 is 1.12 bits per heavy atom. The molecule has 0 bridgehead atoms. The average Bonchev–Trinajstić information content (AvgIpc) is 3.46. The van der Waals surface area contributed by atoms with Crippen LogP contribution in [0.1, 0.15) is 42.1 Å². The number of anilines is 1. The molecule has 1 unspecified atom stereocenters. The van der Waals surface area contributed by atoms with Gasteiger partial charge in [-0.2, -0.15) is 0 Å². The number of aromatic nitrogens is 2. The second-order valence-corrected chi connectivity index (χ2v) is 11.8. The van der Waals surface area contributed by atoms with Crippen molar-refractivity contribution >= 4 is 39.8 Å². The molecule has 1 atom stereocenters. The van der Waals surface area contributed by atoms with Crippen LogP contribution in [-0.2, 0) is 4.74 Å². The van der Waals surface area contributed by atoms with Crippen LogP contribution in [0.5, 0.6) is 11.5 Å². The highest BCUT2D eigenvalue weighted by Crippen LogP contribution is 2.41. The lowest BCUT2D eigenvalue weighted by atomic mass is 9.79. The van der Waals surface area contributed by atoms with Crippen molar-refractivity contribution in [2.45, 2.75) is 31.8 Å². The van der Waals surface area contributed by atoms with Crippen LogP contribution in [0.15, 0.2) is 72.6 Å². The van der Waals surface area contributed by atoms with Gasteiger partial charge in [0, 0.05) is 56.4 Å². The first-order valence-electron chi connectivity index (χ1n) is 14.3. The van der Waals surface area contributed by atoms with Gasteiger partial charge < -0.3 is 25.1 Å². The molecular formula is C33H36ClN5O3. The van der Waals surface area contributed by atoms with Crippen molar-refractivity contribution in [2.75, 3.05) is 44.7 Å². The lowest BCUT2D eigenvalue weighted by Crippen LogP contribution is -2.47. The largest absolute Gasteiger partial charge is 0.453 e. The Labute approximate surface area is 251 Å². The van der Waals surface area contributed by atoms with Crippen LogP contribution in [0.4, 0.5) is 5.69 Å². The molecule has 8 nitrogen and oxygen atoms in total. The highest BCUT2D eigenvalue weighted by molar-refractivity contribution is 6.30. The van der Waals surface area contributed by atoms with Gasteiger partial charge in [0.25, 0.3) is 5.91 Å². The smallest absolute Gasteiger partial charge is 0.252 e. The Morgan fingerprint density at radius 2 is 1.90 bits per heavy atom. The van der Waals surface area contributed by atoms with Crippen molar-refractivity contribution in [3.63, 3.8) is 0 Å². The van der Waals surface area contributed by atoms with Gasteiger partial charge in [-0.25, -0.2) is 4.98 Å². The fraction of sp³-hybridized carbons (Fsp3) is 0.333. The van der Waals surface area contributed by atoms with E-state index in [1.54, 1.807) is 12.3 Å². The number of methoxy groups -OCH3 is 1. The van der Waals surface area contributed by atoms with Crippen LogP contribution in [0.2, 0.25) is 5.02 Å². The first-order chi connectivity index (χ1) is 20.3. The fourth-order valence-corrected chi connectivity index (χ4v) is 6.25. The standard InChI is InChI=1S/C33H36ClN5O3/c1-33(41-2)12-10-27(22-6-8-25(34)9-7-22)24(19-33)21-38-14-16-39(17-15-38)29-5-3-4-28(31(35)40)30(29)42-26-18-23-11-13-36-32(23)37-20-26/h3-9,11,13,18,20H,10,12,14-17,19,21H2,1-2H3,(H2,35,40)(H,36,37). The maximum Gasteiger partial charge on any atom is 0.252 e. The molecule has 2 aliphatic rings. The molecule has 1 aliphatic heterocycles. The van der Waals surface area contributed by atoms with E-state index in [0.717, 1.165) is 73.7 Å². The summed E-state index contributed by atoms with van der Waals surface area (Å²) in [5.74, 6) is 0.489. The second-order valence-electron chi connectivity index (χ2n) is 11.4. The zero-order valence-electron chi connectivity index (χ0n) is 24.0. The number of aromatic amines is 1. The summed E-state index contributed by atoms with van der Waals surface area (Å²) in [6.07, 6.45) is 6.36. The number of H-pyrrole nitrogens is 1. The van der Waals surface area contributed by atoms with Gasteiger partial charge in [0.15, 0.2) is 5.75 Å². The summed E-state index contributed by atoms with van der Waals surface area (Å²) >= 11 is 6.19. The summed E-state index contributed by atoms with van der Waals surface area (Å²) in [6.45, 7) is 6.42. The van der Waals surface area contributed by atoms with Crippen molar-refractivity contribution in [3.8, 4) is 11.5 Å². The topological polar surface area (TPSA) is 96.7 Å². The van der Waals surface area contributed by atoms with Crippen LogP contribution in [0, 0.1) is 0 Å². The number of amides is 1. The van der Waals surface area contributed by atoms with Gasteiger partial charge in [-0.05, 0) is 79.3 Å². The summed E-state index contributed by atoms with van der Waals surface area (Å²) in [5, 5.41) is 1.68. The molecule has 6 rings (SSSR count). The maximum atomic E-state index is 12.4. The van der Waals surface area contributed by atoms with E-state index < -0.39 is 5.91 Å². The van der Waals surface area contributed by atoms with Crippen LogP contribution >= 0.6 is 11.6 Å². The first-order valence-corrected chi connectivity index (χ1v) is 14.7. The van der Waals surface area contributed by atoms with Crippen LogP contribution in [-0.4, -0.2) is 66.2 Å². The van der Waals surface area contributed by atoms with Gasteiger partial charge in [0.05, 0.1) is 23.0 Å². The summed E-state index contributed by atoms with van der Waals surface area (Å²) in [5.41, 5.74) is 11.7. The van der Waals surface area contributed by atoms with Crippen molar-refractivity contribution in [2.24, 2.45) is 5.73 Å². The van der Waals surface area contributed by atoms with Crippen molar-refractivity contribution in [3.05, 3.63) is 88.7 Å². The number of hydrogen-bond acceptors (Lipinski definition) is 6. The zero-order chi connectivity index (χ0) is 29.3. The fourth-order valence-electron chi connectivity index (χ4n) is 6.12. The lowest BCUT2D eigenvalue weighted by Gasteiger charge is -2.40. The number of rotatable bonds is 8. The van der Waals surface area contributed by atoms with E-state index in [2.05, 4.69) is 38.8 Å². The number of piperazine rings is 1. The lowest BCUT2D eigenvalue weighted by molar-refractivity contribution is -0.00391. The van der Waals surface area contributed by atoms with Gasteiger partial charge in [-0.3, -0.25) is 9.69 Å². The Bertz CT molecular complexity index is 1620. The number of carbonyl (C=O) groups excluding carboxylic acids is 1. The SMILES string of the molecule is COC1(C)CCC(c2ccc(Cl)cc2)=C(CN2CCN(c3cccc(C(N)=O)c3Oc3cnc4[nH]ccc4c3)CC2)C1. The van der Waals surface area contributed by atoms with Crippen LogP contribution in [0.25, 0.3) is 16.6 Å². The highest BCUT2D eigenvalue weighted by atomic mass is 35.5. The normalized spacial score (nSPS) is 19.8. The second kappa shape index (κ2) is 11.8. The predicted molar refractivity (Wildman–Crippen MR) is 167 cm³/mol. The first kappa shape index (κ1) is 28.3. The minimum absolute atomic E-state index is 0.160. The minimum Gasteiger partial charge on any atom is -0.453 e. The average molecular weight is 586 g/mol. The number of fused-ring (bicyclic) bond motifs is 1. The van der Waals surface area contributed by atoms with E-state index in [-0.39, 0.29) is 5.60 Å². The van der Waals surface area contributed by atoms with Crippen molar-refractivity contribution in [1.29, 1.82) is 0 Å². The number of nitrogens with zero attached hydrogens (tertiary/aromatic N) is 3. The molecule has 9 heteroatoms. The molecule has 42 heavy (non-hydrogen) atoms. The van der Waals surface area contributed by atoms with Gasteiger partial charge in [-0.15, -0.1) is 0 Å². The van der Waals surface area contributed by atoms with Crippen LogP contribution in [0.3, 0.4) is 0 Å². The molecule has 2 aromatic heterocycles. The van der Waals surface area contributed by atoms with Crippen molar-refractivity contribution in [1.82, 2.24) is 14.9 Å². The van der Waals surface area contributed by atoms with Gasteiger partial charge in [0.2, 0.25) is 0 Å². The number of para-hydroxylation sites is 1. The third-order valence-electron chi connectivity index (χ3n) is 8.59. The molecule has 1 aliphatic carbocycles. The van der Waals surface area contributed by atoms with E-state index in [1.165, 1.54) is 16.7 Å². The number of ether oxygens (including phenoxy) is 2. The molecule has 2 aromatic carbocycles. The number of nitrogens with one attached hydrogen (secondary N) is 1. The minimum atomic E-state index is -0.527. The third kappa shape index (κ3) is 5.88. The zero-order valence-corrected chi connectivity index (χ0v) is 24.8. The number of primary amides is 1. The van der Waals surface area contributed by atoms with Gasteiger partial charge in [0.1, 0.15) is 11.4 Å². The molecule has 0 spiro atoms. The highest BCUT2D eigenvalue weighted by Gasteiger charge is 2.33. The molecule has 1 fully saturated rings. The molecule has 1 saturated heterocycles. The molecule has 0 saturated carbocycles. The monoisotopic (exact) mass is 585 g/mol. The number of carbonyl (C=O) groups is 1. The molecule has 0 radical (unpaired) electrons. The quantitative estimate of drug-likeness (QED) is 0.253. The number of allylic oxidation sites excluding steroid dienone is 1. The molecular weight excluding hydrogens is 550 g/mol. The molecule has 4 aromatic rings. The Kier molecular flexibility index (Phi) is 7.94. The van der Waals surface area contributed by atoms with Gasteiger partial charge >= 0.3 is 0 Å². The third-order valence-corrected chi connectivity index (χ3v) is 8.84. The maximum absolute atomic E-state index is 12.4. The van der Waals surface area contributed by atoms with Gasteiger partial charge in [-0.1, -0.05) is 29.8 Å². The summed E-state index contributed by atoms with van der Waals surface area (Å²) in [6, 6.07) is 17.6. The summed E-state index contributed by atoms with van der Waals surface area (Å²) < 4.78 is 12.3. The summed E-state index contributed by atoms with van der Waals surface area (Å²) in [7, 11) is 1.82. The number of hydrogen-bond donors (Lipinski definition) is 2. The number of benzene rings is 2. The number of nitrogens with two attached hydrogens (primary N) is 1.